The summed E-state index contributed by atoms with van der Waals surface area (Å²) in [5.74, 6) is 0.128. The van der Waals surface area contributed by atoms with Gasteiger partial charge in [-0.1, -0.05) is 0 Å². The first-order chi connectivity index (χ1) is 7.68. The standard InChI is InChI=1S/C12H17N3O/c1-9-4-5-11(8-14-9)15-7-3-6-13-10(2)12(15)16/h4-5,8,10,13H,3,6-7H2,1-2H3. The largest absolute Gasteiger partial charge is 0.310 e. The summed E-state index contributed by atoms with van der Waals surface area (Å²) >= 11 is 0. The quantitative estimate of drug-likeness (QED) is 0.769. The second-order valence-electron chi connectivity index (χ2n) is 4.18. The maximum Gasteiger partial charge on any atom is 0.243 e. The number of aryl methyl sites for hydroxylation is 1. The summed E-state index contributed by atoms with van der Waals surface area (Å²) in [6, 6.07) is 3.79. The lowest BCUT2D eigenvalue weighted by molar-refractivity contribution is -0.119. The molecule has 1 aromatic rings. The molecule has 0 bridgehead atoms. The molecule has 1 N–H and O–H groups in total. The minimum Gasteiger partial charge on any atom is -0.310 e. The number of carbonyl (C=O) groups is 1. The monoisotopic (exact) mass is 219 g/mol. The van der Waals surface area contributed by atoms with E-state index in [1.54, 1.807) is 6.20 Å². The summed E-state index contributed by atoms with van der Waals surface area (Å²) in [6.45, 7) is 5.50. The van der Waals surface area contributed by atoms with E-state index in [2.05, 4.69) is 10.3 Å². The average molecular weight is 219 g/mol. The van der Waals surface area contributed by atoms with Gasteiger partial charge in [0.1, 0.15) is 0 Å². The highest BCUT2D eigenvalue weighted by Crippen LogP contribution is 2.16. The molecule has 86 valence electrons. The molecule has 0 aromatic carbocycles. The topological polar surface area (TPSA) is 45.2 Å². The number of rotatable bonds is 1. The molecule has 1 atom stereocenters. The number of nitrogens with zero attached hydrogens (tertiary/aromatic N) is 2. The molecule has 0 radical (unpaired) electrons. The number of hydrogen-bond donors (Lipinski definition) is 1. The van der Waals surface area contributed by atoms with Crippen LogP contribution in [0.15, 0.2) is 18.3 Å². The fourth-order valence-electron chi connectivity index (χ4n) is 1.86. The van der Waals surface area contributed by atoms with Crippen molar-refractivity contribution in [3.8, 4) is 0 Å². The molecule has 1 fully saturated rings. The van der Waals surface area contributed by atoms with Gasteiger partial charge in [-0.25, -0.2) is 0 Å². The van der Waals surface area contributed by atoms with E-state index in [1.165, 1.54) is 0 Å². The fourth-order valence-corrected chi connectivity index (χ4v) is 1.86. The lowest BCUT2D eigenvalue weighted by atomic mass is 10.2. The van der Waals surface area contributed by atoms with Crippen molar-refractivity contribution in [3.63, 3.8) is 0 Å². The molecular weight excluding hydrogens is 202 g/mol. The third-order valence-electron chi connectivity index (χ3n) is 2.85. The average Bonchev–Trinajstić information content (AvgIpc) is 2.44. The molecule has 16 heavy (non-hydrogen) atoms. The van der Waals surface area contributed by atoms with Gasteiger partial charge in [0.2, 0.25) is 5.91 Å². The smallest absolute Gasteiger partial charge is 0.243 e. The summed E-state index contributed by atoms with van der Waals surface area (Å²) in [5, 5.41) is 3.19. The third kappa shape index (κ3) is 2.22. The Balaban J connectivity index is 2.24. The van der Waals surface area contributed by atoms with Gasteiger partial charge in [-0.2, -0.15) is 0 Å². The molecule has 0 saturated carbocycles. The zero-order valence-corrected chi connectivity index (χ0v) is 9.73. The number of anilines is 1. The van der Waals surface area contributed by atoms with Crippen LogP contribution in [0, 0.1) is 6.92 Å². The third-order valence-corrected chi connectivity index (χ3v) is 2.85. The molecule has 4 nitrogen and oxygen atoms in total. The Morgan fingerprint density at radius 2 is 2.31 bits per heavy atom. The lowest BCUT2D eigenvalue weighted by Crippen LogP contribution is -2.41. The Morgan fingerprint density at radius 1 is 1.50 bits per heavy atom. The normalized spacial score (nSPS) is 22.0. The molecular formula is C12H17N3O. The van der Waals surface area contributed by atoms with Crippen LogP contribution in [0.4, 0.5) is 5.69 Å². The van der Waals surface area contributed by atoms with Crippen molar-refractivity contribution in [1.82, 2.24) is 10.3 Å². The SMILES string of the molecule is Cc1ccc(N2CCCNC(C)C2=O)cn1. The lowest BCUT2D eigenvalue weighted by Gasteiger charge is -2.22. The molecule has 0 aliphatic carbocycles. The number of hydrogen-bond acceptors (Lipinski definition) is 3. The maximum absolute atomic E-state index is 12.1. The molecule has 1 amide bonds. The molecule has 1 aliphatic rings. The first kappa shape index (κ1) is 11.1. The summed E-state index contributed by atoms with van der Waals surface area (Å²) in [4.78, 5) is 18.1. The number of amides is 1. The van der Waals surface area contributed by atoms with Crippen LogP contribution in [0.1, 0.15) is 19.0 Å². The molecule has 1 saturated heterocycles. The highest BCUT2D eigenvalue weighted by Gasteiger charge is 2.24. The highest BCUT2D eigenvalue weighted by molar-refractivity contribution is 5.97. The summed E-state index contributed by atoms with van der Waals surface area (Å²) in [7, 11) is 0. The van der Waals surface area contributed by atoms with Crippen LogP contribution < -0.4 is 10.2 Å². The fraction of sp³-hybridized carbons (Fsp3) is 0.500. The van der Waals surface area contributed by atoms with Crippen molar-refractivity contribution < 1.29 is 4.79 Å². The Labute approximate surface area is 95.7 Å². The van der Waals surface area contributed by atoms with Crippen LogP contribution in [0.5, 0.6) is 0 Å². The number of carbonyl (C=O) groups excluding carboxylic acids is 1. The summed E-state index contributed by atoms with van der Waals surface area (Å²) < 4.78 is 0. The predicted octanol–water partition coefficient (Wildman–Crippen LogP) is 1.10. The second-order valence-corrected chi connectivity index (χ2v) is 4.18. The van der Waals surface area contributed by atoms with Crippen LogP contribution in [0.3, 0.4) is 0 Å². The minimum absolute atomic E-state index is 0.108. The Morgan fingerprint density at radius 3 is 3.00 bits per heavy atom. The summed E-state index contributed by atoms with van der Waals surface area (Å²) in [6.07, 6.45) is 2.75. The molecule has 1 aromatic heterocycles. The van der Waals surface area contributed by atoms with Gasteiger partial charge in [0.15, 0.2) is 0 Å². The van der Waals surface area contributed by atoms with E-state index in [0.29, 0.717) is 0 Å². The van der Waals surface area contributed by atoms with Gasteiger partial charge in [0, 0.05) is 12.2 Å². The van der Waals surface area contributed by atoms with Crippen LogP contribution in [-0.2, 0) is 4.79 Å². The first-order valence-electron chi connectivity index (χ1n) is 5.66. The number of nitrogens with one attached hydrogen (secondary N) is 1. The first-order valence-corrected chi connectivity index (χ1v) is 5.66. The highest BCUT2D eigenvalue weighted by atomic mass is 16.2. The van der Waals surface area contributed by atoms with Gasteiger partial charge in [-0.05, 0) is 38.9 Å². The summed E-state index contributed by atoms with van der Waals surface area (Å²) in [5.41, 5.74) is 1.86. The van der Waals surface area contributed by atoms with E-state index < -0.39 is 0 Å². The van der Waals surface area contributed by atoms with E-state index in [1.807, 2.05) is 30.9 Å². The van der Waals surface area contributed by atoms with E-state index >= 15 is 0 Å². The molecule has 1 unspecified atom stereocenters. The van der Waals surface area contributed by atoms with Gasteiger partial charge in [0.25, 0.3) is 0 Å². The molecule has 4 heteroatoms. The second kappa shape index (κ2) is 4.61. The van der Waals surface area contributed by atoms with E-state index in [-0.39, 0.29) is 11.9 Å². The van der Waals surface area contributed by atoms with Crippen LogP contribution in [-0.4, -0.2) is 30.0 Å². The molecule has 2 rings (SSSR count). The van der Waals surface area contributed by atoms with Crippen LogP contribution in [0.2, 0.25) is 0 Å². The van der Waals surface area contributed by atoms with E-state index in [9.17, 15) is 4.79 Å². The molecule has 2 heterocycles. The van der Waals surface area contributed by atoms with Gasteiger partial charge in [0.05, 0.1) is 17.9 Å². The minimum atomic E-state index is -0.108. The number of aromatic nitrogens is 1. The zero-order chi connectivity index (χ0) is 11.5. The van der Waals surface area contributed by atoms with Crippen molar-refractivity contribution in [3.05, 3.63) is 24.0 Å². The van der Waals surface area contributed by atoms with Gasteiger partial charge in [-0.15, -0.1) is 0 Å². The van der Waals surface area contributed by atoms with Crippen LogP contribution >= 0.6 is 0 Å². The zero-order valence-electron chi connectivity index (χ0n) is 9.73. The Kier molecular flexibility index (Phi) is 3.19. The molecule has 0 spiro atoms. The molecule has 1 aliphatic heterocycles. The van der Waals surface area contributed by atoms with Gasteiger partial charge in [-0.3, -0.25) is 9.78 Å². The van der Waals surface area contributed by atoms with Gasteiger partial charge >= 0.3 is 0 Å². The van der Waals surface area contributed by atoms with Crippen molar-refractivity contribution in [2.75, 3.05) is 18.0 Å². The number of pyridine rings is 1. The van der Waals surface area contributed by atoms with Crippen molar-refractivity contribution in [1.29, 1.82) is 0 Å². The van der Waals surface area contributed by atoms with Crippen LogP contribution in [0.25, 0.3) is 0 Å². The van der Waals surface area contributed by atoms with Crippen molar-refractivity contribution in [2.24, 2.45) is 0 Å². The Hall–Kier alpha value is -1.42. The predicted molar refractivity (Wildman–Crippen MR) is 63.4 cm³/mol. The van der Waals surface area contributed by atoms with E-state index in [4.69, 9.17) is 0 Å². The Bertz CT molecular complexity index is 374. The van der Waals surface area contributed by atoms with Crippen molar-refractivity contribution >= 4 is 11.6 Å². The van der Waals surface area contributed by atoms with E-state index in [0.717, 1.165) is 30.9 Å². The van der Waals surface area contributed by atoms with Crippen molar-refractivity contribution in [2.45, 2.75) is 26.3 Å². The van der Waals surface area contributed by atoms with Gasteiger partial charge < -0.3 is 10.2 Å². The maximum atomic E-state index is 12.1.